The van der Waals surface area contributed by atoms with Crippen molar-refractivity contribution in [1.29, 1.82) is 0 Å². The molecule has 1 aromatic carbocycles. The van der Waals surface area contributed by atoms with Gasteiger partial charge in [-0.15, -0.1) is 0 Å². The summed E-state index contributed by atoms with van der Waals surface area (Å²) in [4.78, 5) is 24.2. The second-order valence-electron chi connectivity index (χ2n) is 4.93. The maximum atomic E-state index is 11.3. The molecular weight excluding hydrogens is 232 g/mol. The standard InChI is InChI=1S/C13H16N2O3/c1-13(2,18)9-3-5-10(6-4-9)15-7-11(16)14-12(17)8-15/h3-6,18H,7-8H2,1-2H3,(H,14,16,17). The number of nitrogens with zero attached hydrogens (tertiary/aromatic N) is 1. The van der Waals surface area contributed by atoms with Crippen molar-refractivity contribution in [1.82, 2.24) is 5.32 Å². The monoisotopic (exact) mass is 248 g/mol. The summed E-state index contributed by atoms with van der Waals surface area (Å²) in [7, 11) is 0. The van der Waals surface area contributed by atoms with Crippen LogP contribution in [0.4, 0.5) is 5.69 Å². The summed E-state index contributed by atoms with van der Waals surface area (Å²) in [5.74, 6) is -0.587. The van der Waals surface area contributed by atoms with Crippen molar-refractivity contribution in [2.45, 2.75) is 19.4 Å². The number of imide groups is 1. The number of rotatable bonds is 2. The average Bonchev–Trinajstić information content (AvgIpc) is 2.27. The van der Waals surface area contributed by atoms with Gasteiger partial charge < -0.3 is 10.0 Å². The minimum absolute atomic E-state index is 0.174. The molecule has 1 saturated heterocycles. The fourth-order valence-electron chi connectivity index (χ4n) is 1.90. The van der Waals surface area contributed by atoms with E-state index in [0.29, 0.717) is 0 Å². The fourth-order valence-corrected chi connectivity index (χ4v) is 1.90. The largest absolute Gasteiger partial charge is 0.386 e. The molecule has 1 fully saturated rings. The van der Waals surface area contributed by atoms with Gasteiger partial charge in [0.2, 0.25) is 11.8 Å². The Morgan fingerprint density at radius 3 is 2.06 bits per heavy atom. The first-order valence-electron chi connectivity index (χ1n) is 5.77. The molecule has 18 heavy (non-hydrogen) atoms. The van der Waals surface area contributed by atoms with Crippen molar-refractivity contribution >= 4 is 17.5 Å². The van der Waals surface area contributed by atoms with Gasteiger partial charge in [-0.3, -0.25) is 14.9 Å². The molecule has 0 atom stereocenters. The average molecular weight is 248 g/mol. The Balaban J connectivity index is 2.19. The molecule has 2 rings (SSSR count). The summed E-state index contributed by atoms with van der Waals surface area (Å²) < 4.78 is 0. The van der Waals surface area contributed by atoms with E-state index < -0.39 is 5.60 Å². The Kier molecular flexibility index (Phi) is 3.09. The fraction of sp³-hybridized carbons (Fsp3) is 0.385. The van der Waals surface area contributed by atoms with Gasteiger partial charge in [-0.2, -0.15) is 0 Å². The summed E-state index contributed by atoms with van der Waals surface area (Å²) in [5, 5.41) is 12.1. The molecule has 1 aliphatic rings. The molecule has 2 N–H and O–H groups in total. The van der Waals surface area contributed by atoms with Crippen LogP contribution in [0.25, 0.3) is 0 Å². The number of hydrogen-bond acceptors (Lipinski definition) is 4. The number of amides is 2. The molecule has 0 saturated carbocycles. The lowest BCUT2D eigenvalue weighted by atomic mass is 9.98. The molecule has 0 bridgehead atoms. The van der Waals surface area contributed by atoms with Crippen LogP contribution in [0.5, 0.6) is 0 Å². The van der Waals surface area contributed by atoms with Gasteiger partial charge in [0, 0.05) is 5.69 Å². The number of nitrogens with one attached hydrogen (secondary N) is 1. The number of carbonyl (C=O) groups excluding carboxylic acids is 2. The summed E-state index contributed by atoms with van der Waals surface area (Å²) in [6.07, 6.45) is 0. The molecule has 5 heteroatoms. The maximum Gasteiger partial charge on any atom is 0.246 e. The van der Waals surface area contributed by atoms with E-state index in [1.165, 1.54) is 0 Å². The van der Waals surface area contributed by atoms with E-state index in [1.807, 2.05) is 0 Å². The Bertz CT molecular complexity index is 458. The zero-order chi connectivity index (χ0) is 13.3. The highest BCUT2D eigenvalue weighted by Crippen LogP contribution is 2.23. The second kappa shape index (κ2) is 4.42. The number of carbonyl (C=O) groups is 2. The third kappa shape index (κ3) is 2.68. The first-order valence-corrected chi connectivity index (χ1v) is 5.77. The van der Waals surface area contributed by atoms with E-state index in [4.69, 9.17) is 0 Å². The van der Waals surface area contributed by atoms with Gasteiger partial charge in [0.05, 0.1) is 18.7 Å². The van der Waals surface area contributed by atoms with Gasteiger partial charge in [-0.25, -0.2) is 0 Å². The smallest absolute Gasteiger partial charge is 0.246 e. The Labute approximate surface area is 105 Å². The van der Waals surface area contributed by atoms with Crippen LogP contribution in [-0.2, 0) is 15.2 Å². The van der Waals surface area contributed by atoms with Crippen LogP contribution >= 0.6 is 0 Å². The lowest BCUT2D eigenvalue weighted by Crippen LogP contribution is -2.51. The number of piperazine rings is 1. The Morgan fingerprint density at radius 1 is 1.11 bits per heavy atom. The number of aliphatic hydroxyl groups is 1. The van der Waals surface area contributed by atoms with Gasteiger partial charge >= 0.3 is 0 Å². The maximum absolute atomic E-state index is 11.3. The zero-order valence-corrected chi connectivity index (χ0v) is 10.4. The van der Waals surface area contributed by atoms with Crippen LogP contribution in [-0.4, -0.2) is 30.0 Å². The molecule has 96 valence electrons. The van der Waals surface area contributed by atoms with Crippen LogP contribution in [0.15, 0.2) is 24.3 Å². The first-order chi connectivity index (χ1) is 8.36. The van der Waals surface area contributed by atoms with Crippen molar-refractivity contribution in [3.05, 3.63) is 29.8 Å². The molecule has 0 aromatic heterocycles. The summed E-state index contributed by atoms with van der Waals surface area (Å²) >= 11 is 0. The lowest BCUT2D eigenvalue weighted by molar-refractivity contribution is -0.130. The minimum atomic E-state index is -0.895. The molecule has 0 spiro atoms. The number of hydrogen-bond donors (Lipinski definition) is 2. The topological polar surface area (TPSA) is 69.6 Å². The summed E-state index contributed by atoms with van der Waals surface area (Å²) in [6, 6.07) is 7.21. The van der Waals surface area contributed by atoms with Gasteiger partial charge in [-0.1, -0.05) is 12.1 Å². The lowest BCUT2D eigenvalue weighted by Gasteiger charge is -2.28. The molecule has 1 heterocycles. The third-order valence-electron chi connectivity index (χ3n) is 2.89. The van der Waals surface area contributed by atoms with Gasteiger partial charge in [0.25, 0.3) is 0 Å². The molecule has 0 unspecified atom stereocenters. The molecule has 1 aliphatic heterocycles. The number of benzene rings is 1. The number of anilines is 1. The second-order valence-corrected chi connectivity index (χ2v) is 4.93. The summed E-state index contributed by atoms with van der Waals surface area (Å²) in [6.45, 7) is 3.76. The van der Waals surface area contributed by atoms with Crippen molar-refractivity contribution < 1.29 is 14.7 Å². The highest BCUT2D eigenvalue weighted by molar-refractivity contribution is 6.02. The predicted octanol–water partition coefficient (Wildman–Crippen LogP) is 0.377. The van der Waals surface area contributed by atoms with E-state index in [-0.39, 0.29) is 24.9 Å². The Hall–Kier alpha value is -1.88. The molecule has 5 nitrogen and oxygen atoms in total. The van der Waals surface area contributed by atoms with E-state index in [9.17, 15) is 14.7 Å². The van der Waals surface area contributed by atoms with Crippen molar-refractivity contribution in [3.8, 4) is 0 Å². The highest BCUT2D eigenvalue weighted by Gasteiger charge is 2.23. The van der Waals surface area contributed by atoms with Crippen molar-refractivity contribution in [2.75, 3.05) is 18.0 Å². The summed E-state index contributed by atoms with van der Waals surface area (Å²) in [5.41, 5.74) is 0.693. The van der Waals surface area contributed by atoms with Crippen molar-refractivity contribution in [2.24, 2.45) is 0 Å². The minimum Gasteiger partial charge on any atom is -0.386 e. The Morgan fingerprint density at radius 2 is 1.61 bits per heavy atom. The quantitative estimate of drug-likeness (QED) is 0.742. The predicted molar refractivity (Wildman–Crippen MR) is 67.0 cm³/mol. The molecule has 2 amide bonds. The highest BCUT2D eigenvalue weighted by atomic mass is 16.3. The van der Waals surface area contributed by atoms with Gasteiger partial charge in [-0.05, 0) is 31.5 Å². The van der Waals surface area contributed by atoms with Crippen LogP contribution in [0.3, 0.4) is 0 Å². The third-order valence-corrected chi connectivity index (χ3v) is 2.89. The molecule has 0 radical (unpaired) electrons. The van der Waals surface area contributed by atoms with E-state index >= 15 is 0 Å². The van der Waals surface area contributed by atoms with Crippen LogP contribution in [0.2, 0.25) is 0 Å². The normalized spacial score (nSPS) is 16.7. The molecule has 1 aromatic rings. The first kappa shape index (κ1) is 12.6. The van der Waals surface area contributed by atoms with Crippen LogP contribution < -0.4 is 10.2 Å². The van der Waals surface area contributed by atoms with E-state index in [0.717, 1.165) is 11.3 Å². The SMILES string of the molecule is CC(C)(O)c1ccc(N2CC(=O)NC(=O)C2)cc1. The van der Waals surface area contributed by atoms with E-state index in [1.54, 1.807) is 43.0 Å². The van der Waals surface area contributed by atoms with Crippen molar-refractivity contribution in [3.63, 3.8) is 0 Å². The molecular formula is C13H16N2O3. The molecule has 0 aliphatic carbocycles. The van der Waals surface area contributed by atoms with Crippen LogP contribution in [0, 0.1) is 0 Å². The van der Waals surface area contributed by atoms with Gasteiger partial charge in [0.15, 0.2) is 0 Å². The zero-order valence-electron chi connectivity index (χ0n) is 10.4. The van der Waals surface area contributed by atoms with Gasteiger partial charge in [0.1, 0.15) is 0 Å². The van der Waals surface area contributed by atoms with Crippen LogP contribution in [0.1, 0.15) is 19.4 Å². The van der Waals surface area contributed by atoms with E-state index in [2.05, 4.69) is 5.32 Å².